The summed E-state index contributed by atoms with van der Waals surface area (Å²) < 4.78 is 21.4. The molecule has 2 rings (SSSR count). The van der Waals surface area contributed by atoms with Crippen LogP contribution in [-0.2, 0) is 16.1 Å². The van der Waals surface area contributed by atoms with Crippen LogP contribution in [0.15, 0.2) is 30.3 Å². The van der Waals surface area contributed by atoms with Crippen LogP contribution in [-0.4, -0.2) is 26.3 Å². The van der Waals surface area contributed by atoms with Crippen molar-refractivity contribution in [1.82, 2.24) is 0 Å². The molecular weight excluding hydrogens is 379 g/mol. The molecule has 0 aliphatic rings. The van der Waals surface area contributed by atoms with E-state index < -0.39 is 12.1 Å². The maximum atomic E-state index is 12.2. The number of carbonyl (C=O) groups excluding carboxylic acids is 1. The average molecular weight is 399 g/mol. The number of hydrogen-bond acceptors (Lipinski definition) is 5. The fourth-order valence-corrected chi connectivity index (χ4v) is 2.71. The molecule has 7 heteroatoms. The molecule has 0 fully saturated rings. The number of esters is 1. The molecule has 0 bridgehead atoms. The molecular formula is C19H20Cl2O5. The summed E-state index contributed by atoms with van der Waals surface area (Å²) in [4.78, 5) is 12.2. The summed E-state index contributed by atoms with van der Waals surface area (Å²) in [6, 6.07) is 8.39. The van der Waals surface area contributed by atoms with Crippen molar-refractivity contribution in [1.29, 1.82) is 0 Å². The third-order valence-electron chi connectivity index (χ3n) is 3.74. The third kappa shape index (κ3) is 4.96. The SMILES string of the molecule is COc1cc(C)c(COC(=O)[C@H](C)Oc2ccc(Cl)cc2Cl)cc1OC. The van der Waals surface area contributed by atoms with Crippen molar-refractivity contribution < 1.29 is 23.7 Å². The van der Waals surface area contributed by atoms with Crippen molar-refractivity contribution in [3.8, 4) is 17.2 Å². The monoisotopic (exact) mass is 398 g/mol. The van der Waals surface area contributed by atoms with Crippen molar-refractivity contribution in [2.24, 2.45) is 0 Å². The highest BCUT2D eigenvalue weighted by Gasteiger charge is 2.19. The Morgan fingerprint density at radius 3 is 2.31 bits per heavy atom. The predicted octanol–water partition coefficient (Wildman–Crippen LogP) is 4.83. The number of benzene rings is 2. The quantitative estimate of drug-likeness (QED) is 0.625. The van der Waals surface area contributed by atoms with E-state index >= 15 is 0 Å². The zero-order valence-corrected chi connectivity index (χ0v) is 16.5. The summed E-state index contributed by atoms with van der Waals surface area (Å²) in [5.74, 6) is 1.04. The van der Waals surface area contributed by atoms with Crippen LogP contribution in [0.2, 0.25) is 10.0 Å². The van der Waals surface area contributed by atoms with Crippen LogP contribution < -0.4 is 14.2 Å². The van der Waals surface area contributed by atoms with Crippen LogP contribution in [0, 0.1) is 6.92 Å². The molecule has 0 aromatic heterocycles. The van der Waals surface area contributed by atoms with E-state index in [2.05, 4.69) is 0 Å². The van der Waals surface area contributed by atoms with Crippen LogP contribution in [0.4, 0.5) is 0 Å². The minimum absolute atomic E-state index is 0.0903. The van der Waals surface area contributed by atoms with Crippen LogP contribution in [0.25, 0.3) is 0 Å². The number of rotatable bonds is 7. The van der Waals surface area contributed by atoms with Gasteiger partial charge in [0.2, 0.25) is 0 Å². The lowest BCUT2D eigenvalue weighted by molar-refractivity contribution is -0.152. The average Bonchev–Trinajstić information content (AvgIpc) is 2.62. The molecule has 0 heterocycles. The van der Waals surface area contributed by atoms with Gasteiger partial charge in [0.1, 0.15) is 12.4 Å². The lowest BCUT2D eigenvalue weighted by atomic mass is 10.1. The predicted molar refractivity (Wildman–Crippen MR) is 101 cm³/mol. The first-order valence-corrected chi connectivity index (χ1v) is 8.61. The Kier molecular flexibility index (Phi) is 7.00. The molecule has 0 N–H and O–H groups in total. The molecule has 2 aromatic rings. The summed E-state index contributed by atoms with van der Waals surface area (Å²) in [5.41, 5.74) is 1.73. The van der Waals surface area contributed by atoms with Gasteiger partial charge in [0, 0.05) is 5.02 Å². The molecule has 26 heavy (non-hydrogen) atoms. The van der Waals surface area contributed by atoms with Gasteiger partial charge in [-0.05, 0) is 55.3 Å². The minimum atomic E-state index is -0.825. The number of carbonyl (C=O) groups is 1. The van der Waals surface area contributed by atoms with E-state index in [1.165, 1.54) is 0 Å². The molecule has 0 unspecified atom stereocenters. The van der Waals surface area contributed by atoms with Crippen molar-refractivity contribution >= 4 is 29.2 Å². The molecule has 0 saturated heterocycles. The van der Waals surface area contributed by atoms with Gasteiger partial charge in [0.05, 0.1) is 19.2 Å². The summed E-state index contributed by atoms with van der Waals surface area (Å²) >= 11 is 11.9. The van der Waals surface area contributed by atoms with E-state index in [1.807, 2.05) is 13.0 Å². The molecule has 0 aliphatic heterocycles. The van der Waals surface area contributed by atoms with Crippen molar-refractivity contribution in [2.45, 2.75) is 26.6 Å². The van der Waals surface area contributed by atoms with Crippen LogP contribution in [0.5, 0.6) is 17.2 Å². The zero-order valence-electron chi connectivity index (χ0n) is 15.0. The van der Waals surface area contributed by atoms with Crippen LogP contribution >= 0.6 is 23.2 Å². The molecule has 0 aliphatic carbocycles. The molecule has 140 valence electrons. The van der Waals surface area contributed by atoms with Crippen LogP contribution in [0.3, 0.4) is 0 Å². The molecule has 2 aromatic carbocycles. The lowest BCUT2D eigenvalue weighted by Gasteiger charge is -2.16. The molecule has 0 spiro atoms. The second-order valence-corrected chi connectivity index (χ2v) is 6.42. The van der Waals surface area contributed by atoms with Gasteiger partial charge in [0.15, 0.2) is 17.6 Å². The Morgan fingerprint density at radius 1 is 1.04 bits per heavy atom. The van der Waals surface area contributed by atoms with Crippen molar-refractivity contribution in [2.75, 3.05) is 14.2 Å². The van der Waals surface area contributed by atoms with Gasteiger partial charge in [-0.2, -0.15) is 0 Å². The number of ether oxygens (including phenoxy) is 4. The second-order valence-electron chi connectivity index (χ2n) is 5.58. The lowest BCUT2D eigenvalue weighted by Crippen LogP contribution is -2.26. The largest absolute Gasteiger partial charge is 0.493 e. The Hall–Kier alpha value is -2.11. The summed E-state index contributed by atoms with van der Waals surface area (Å²) in [7, 11) is 3.12. The normalized spacial score (nSPS) is 11.6. The Labute approximate surface area is 162 Å². The summed E-state index contributed by atoms with van der Waals surface area (Å²) in [5, 5.41) is 0.814. The number of aryl methyl sites for hydroxylation is 1. The Balaban J connectivity index is 2.01. The molecule has 0 radical (unpaired) electrons. The number of hydrogen-bond donors (Lipinski definition) is 0. The van der Waals surface area contributed by atoms with Gasteiger partial charge in [-0.1, -0.05) is 23.2 Å². The summed E-state index contributed by atoms with van der Waals surface area (Å²) in [6.07, 6.45) is -0.825. The van der Waals surface area contributed by atoms with E-state index in [1.54, 1.807) is 45.4 Å². The number of halogens is 2. The van der Waals surface area contributed by atoms with Gasteiger partial charge in [-0.25, -0.2) is 4.79 Å². The smallest absolute Gasteiger partial charge is 0.347 e. The fraction of sp³-hybridized carbons (Fsp3) is 0.316. The Bertz CT molecular complexity index is 792. The highest BCUT2D eigenvalue weighted by molar-refractivity contribution is 6.35. The van der Waals surface area contributed by atoms with E-state index in [9.17, 15) is 4.79 Å². The standard InChI is InChI=1S/C19H20Cl2O5/c1-11-7-17(23-3)18(24-4)8-13(11)10-25-19(22)12(2)26-16-6-5-14(20)9-15(16)21/h5-9,12H,10H2,1-4H3/t12-/m0/s1. The highest BCUT2D eigenvalue weighted by atomic mass is 35.5. The van der Waals surface area contributed by atoms with Crippen LogP contribution in [0.1, 0.15) is 18.1 Å². The van der Waals surface area contributed by atoms with E-state index in [0.717, 1.165) is 11.1 Å². The van der Waals surface area contributed by atoms with Gasteiger partial charge in [-0.3, -0.25) is 0 Å². The Morgan fingerprint density at radius 2 is 1.69 bits per heavy atom. The van der Waals surface area contributed by atoms with Gasteiger partial charge >= 0.3 is 5.97 Å². The molecule has 1 atom stereocenters. The molecule has 0 amide bonds. The van der Waals surface area contributed by atoms with E-state index in [4.69, 9.17) is 42.1 Å². The van der Waals surface area contributed by atoms with Crippen molar-refractivity contribution in [3.05, 3.63) is 51.5 Å². The first-order valence-electron chi connectivity index (χ1n) is 7.85. The van der Waals surface area contributed by atoms with Gasteiger partial charge < -0.3 is 18.9 Å². The van der Waals surface area contributed by atoms with Gasteiger partial charge in [-0.15, -0.1) is 0 Å². The van der Waals surface area contributed by atoms with E-state index in [-0.39, 0.29) is 6.61 Å². The molecule has 0 saturated carbocycles. The number of methoxy groups -OCH3 is 2. The maximum Gasteiger partial charge on any atom is 0.347 e. The van der Waals surface area contributed by atoms with Gasteiger partial charge in [0.25, 0.3) is 0 Å². The third-order valence-corrected chi connectivity index (χ3v) is 4.27. The summed E-state index contributed by atoms with van der Waals surface area (Å²) in [6.45, 7) is 3.58. The fourth-order valence-electron chi connectivity index (χ4n) is 2.25. The highest BCUT2D eigenvalue weighted by Crippen LogP contribution is 2.31. The maximum absolute atomic E-state index is 12.2. The minimum Gasteiger partial charge on any atom is -0.493 e. The zero-order chi connectivity index (χ0) is 19.3. The molecule has 5 nitrogen and oxygen atoms in total. The first kappa shape index (κ1) is 20.2. The topological polar surface area (TPSA) is 54.0 Å². The van der Waals surface area contributed by atoms with E-state index in [0.29, 0.717) is 27.3 Å². The second kappa shape index (κ2) is 9.01. The van der Waals surface area contributed by atoms with Crippen molar-refractivity contribution in [3.63, 3.8) is 0 Å². The first-order chi connectivity index (χ1) is 12.3.